The van der Waals surface area contributed by atoms with Crippen molar-refractivity contribution in [2.75, 3.05) is 0 Å². The van der Waals surface area contributed by atoms with Crippen LogP contribution in [0.4, 0.5) is 0 Å². The van der Waals surface area contributed by atoms with Gasteiger partial charge < -0.3 is 9.05 Å². The maximum atomic E-state index is 4.94. The molecule has 0 aliphatic carbocycles. The topological polar surface area (TPSA) is 65.0 Å². The van der Waals surface area contributed by atoms with E-state index >= 15 is 0 Å². The van der Waals surface area contributed by atoms with E-state index < -0.39 is 0 Å². The molecule has 0 bridgehead atoms. The molecular weight excluding hydrogens is 158 g/mol. The van der Waals surface area contributed by atoms with E-state index in [9.17, 15) is 0 Å². The SMILES string of the molecule is Cc1noc(C)c1-c1ncno1. The van der Waals surface area contributed by atoms with Crippen LogP contribution in [0.3, 0.4) is 0 Å². The summed E-state index contributed by atoms with van der Waals surface area (Å²) in [7, 11) is 0. The first kappa shape index (κ1) is 7.02. The molecule has 2 aromatic rings. The molecule has 0 radical (unpaired) electrons. The fraction of sp³-hybridized carbons (Fsp3) is 0.286. The zero-order valence-electron chi connectivity index (χ0n) is 6.74. The highest BCUT2D eigenvalue weighted by molar-refractivity contribution is 5.57. The molecule has 2 aromatic heterocycles. The summed E-state index contributed by atoms with van der Waals surface area (Å²) >= 11 is 0. The van der Waals surface area contributed by atoms with Crippen molar-refractivity contribution in [2.24, 2.45) is 0 Å². The third-order valence-corrected chi connectivity index (χ3v) is 1.61. The van der Waals surface area contributed by atoms with Crippen LogP contribution in [0.2, 0.25) is 0 Å². The third-order valence-electron chi connectivity index (χ3n) is 1.61. The lowest BCUT2D eigenvalue weighted by Crippen LogP contribution is -1.80. The van der Waals surface area contributed by atoms with Crippen molar-refractivity contribution >= 4 is 0 Å². The number of nitrogens with zero attached hydrogens (tertiary/aromatic N) is 3. The van der Waals surface area contributed by atoms with Crippen molar-refractivity contribution in [1.29, 1.82) is 0 Å². The summed E-state index contributed by atoms with van der Waals surface area (Å²) in [6.45, 7) is 3.63. The number of hydrogen-bond donors (Lipinski definition) is 0. The average molecular weight is 165 g/mol. The molecule has 0 aliphatic rings. The maximum Gasteiger partial charge on any atom is 0.263 e. The second kappa shape index (κ2) is 2.44. The highest BCUT2D eigenvalue weighted by Crippen LogP contribution is 2.23. The first-order valence-corrected chi connectivity index (χ1v) is 3.49. The molecule has 0 N–H and O–H groups in total. The Kier molecular flexibility index (Phi) is 1.43. The summed E-state index contributed by atoms with van der Waals surface area (Å²) in [6, 6.07) is 0. The molecule has 2 heterocycles. The van der Waals surface area contributed by atoms with Crippen LogP contribution in [0.5, 0.6) is 0 Å². The monoisotopic (exact) mass is 165 g/mol. The van der Waals surface area contributed by atoms with Gasteiger partial charge in [-0.25, -0.2) is 0 Å². The molecule has 5 heteroatoms. The molecule has 5 nitrogen and oxygen atoms in total. The van der Waals surface area contributed by atoms with Crippen LogP contribution in [0, 0.1) is 13.8 Å². The largest absolute Gasteiger partial charge is 0.361 e. The second-order valence-corrected chi connectivity index (χ2v) is 2.45. The van der Waals surface area contributed by atoms with E-state index in [1.807, 2.05) is 6.92 Å². The van der Waals surface area contributed by atoms with E-state index in [-0.39, 0.29) is 0 Å². The Morgan fingerprint density at radius 1 is 1.25 bits per heavy atom. The van der Waals surface area contributed by atoms with Gasteiger partial charge in [-0.05, 0) is 13.8 Å². The van der Waals surface area contributed by atoms with Gasteiger partial charge >= 0.3 is 0 Å². The highest BCUT2D eigenvalue weighted by Gasteiger charge is 2.15. The predicted molar refractivity (Wildman–Crippen MR) is 39.3 cm³/mol. The normalized spacial score (nSPS) is 10.5. The number of hydrogen-bond acceptors (Lipinski definition) is 5. The fourth-order valence-corrected chi connectivity index (χ4v) is 1.07. The van der Waals surface area contributed by atoms with Gasteiger partial charge in [0.2, 0.25) is 0 Å². The van der Waals surface area contributed by atoms with E-state index in [4.69, 9.17) is 9.05 Å². The van der Waals surface area contributed by atoms with Gasteiger partial charge in [0.1, 0.15) is 11.3 Å². The zero-order chi connectivity index (χ0) is 8.55. The summed E-state index contributed by atoms with van der Waals surface area (Å²) in [5.41, 5.74) is 1.55. The fourth-order valence-electron chi connectivity index (χ4n) is 1.07. The lowest BCUT2D eigenvalue weighted by molar-refractivity contribution is 0.392. The lowest BCUT2D eigenvalue weighted by Gasteiger charge is -1.88. The summed E-state index contributed by atoms with van der Waals surface area (Å²) < 4.78 is 9.82. The van der Waals surface area contributed by atoms with Crippen molar-refractivity contribution in [3.05, 3.63) is 17.8 Å². The Morgan fingerprint density at radius 3 is 2.58 bits per heavy atom. The van der Waals surface area contributed by atoms with Crippen LogP contribution in [0.15, 0.2) is 15.4 Å². The van der Waals surface area contributed by atoms with Gasteiger partial charge in [0.25, 0.3) is 5.89 Å². The van der Waals surface area contributed by atoms with Crippen LogP contribution >= 0.6 is 0 Å². The molecule has 0 fully saturated rings. The summed E-state index contributed by atoms with van der Waals surface area (Å²) in [6.07, 6.45) is 1.35. The molecule has 0 atom stereocenters. The molecule has 0 spiro atoms. The van der Waals surface area contributed by atoms with Crippen molar-refractivity contribution in [3.8, 4) is 11.5 Å². The molecular formula is C7H7N3O2. The van der Waals surface area contributed by atoms with Crippen LogP contribution in [-0.4, -0.2) is 15.3 Å². The van der Waals surface area contributed by atoms with Gasteiger partial charge in [-0.2, -0.15) is 4.98 Å². The van der Waals surface area contributed by atoms with Crippen molar-refractivity contribution < 1.29 is 9.05 Å². The molecule has 0 amide bonds. The molecule has 0 aliphatic heterocycles. The number of aryl methyl sites for hydroxylation is 2. The Hall–Kier alpha value is -1.65. The van der Waals surface area contributed by atoms with Crippen LogP contribution in [0.25, 0.3) is 11.5 Å². The summed E-state index contributed by atoms with van der Waals surface area (Å²) in [4.78, 5) is 3.90. The Morgan fingerprint density at radius 2 is 2.08 bits per heavy atom. The minimum atomic E-state index is 0.450. The van der Waals surface area contributed by atoms with Crippen LogP contribution in [-0.2, 0) is 0 Å². The van der Waals surface area contributed by atoms with Gasteiger partial charge in [-0.3, -0.25) is 0 Å². The number of rotatable bonds is 1. The first-order valence-electron chi connectivity index (χ1n) is 3.49. The third kappa shape index (κ3) is 0.903. The zero-order valence-corrected chi connectivity index (χ0v) is 6.74. The van der Waals surface area contributed by atoms with Crippen molar-refractivity contribution in [3.63, 3.8) is 0 Å². The van der Waals surface area contributed by atoms with Crippen LogP contribution < -0.4 is 0 Å². The molecule has 0 saturated heterocycles. The smallest absolute Gasteiger partial charge is 0.263 e. The molecule has 2 rings (SSSR count). The minimum Gasteiger partial charge on any atom is -0.361 e. The van der Waals surface area contributed by atoms with Crippen molar-refractivity contribution in [1.82, 2.24) is 15.3 Å². The van der Waals surface area contributed by atoms with Gasteiger partial charge in [0.05, 0.1) is 5.69 Å². The molecule has 0 saturated carbocycles. The van der Waals surface area contributed by atoms with E-state index in [1.54, 1.807) is 6.92 Å². The van der Waals surface area contributed by atoms with Crippen LogP contribution in [0.1, 0.15) is 11.5 Å². The van der Waals surface area contributed by atoms with Gasteiger partial charge in [-0.15, -0.1) is 0 Å². The molecule has 12 heavy (non-hydrogen) atoms. The average Bonchev–Trinajstić information content (AvgIpc) is 2.61. The van der Waals surface area contributed by atoms with E-state index in [0.29, 0.717) is 11.7 Å². The summed E-state index contributed by atoms with van der Waals surface area (Å²) in [5.74, 6) is 1.14. The van der Waals surface area contributed by atoms with E-state index in [0.717, 1.165) is 11.3 Å². The van der Waals surface area contributed by atoms with Gasteiger partial charge in [0.15, 0.2) is 6.33 Å². The van der Waals surface area contributed by atoms with Gasteiger partial charge in [0, 0.05) is 0 Å². The Balaban J connectivity index is 2.60. The van der Waals surface area contributed by atoms with E-state index in [1.165, 1.54) is 6.33 Å². The second-order valence-electron chi connectivity index (χ2n) is 2.45. The number of aromatic nitrogens is 3. The van der Waals surface area contributed by atoms with Crippen molar-refractivity contribution in [2.45, 2.75) is 13.8 Å². The first-order chi connectivity index (χ1) is 5.79. The van der Waals surface area contributed by atoms with E-state index in [2.05, 4.69) is 15.3 Å². The summed E-state index contributed by atoms with van der Waals surface area (Å²) in [5, 5.41) is 7.27. The lowest BCUT2D eigenvalue weighted by atomic mass is 10.2. The molecule has 0 aromatic carbocycles. The standard InChI is InChI=1S/C7H7N3O2/c1-4-6(5(2)11-10-4)7-8-3-9-12-7/h3H,1-2H3. The Bertz CT molecular complexity index is 358. The van der Waals surface area contributed by atoms with Gasteiger partial charge in [-0.1, -0.05) is 10.3 Å². The highest BCUT2D eigenvalue weighted by atomic mass is 16.5. The maximum absolute atomic E-state index is 4.94. The minimum absolute atomic E-state index is 0.450. The molecule has 62 valence electrons. The predicted octanol–water partition coefficient (Wildman–Crippen LogP) is 1.34. The molecule has 0 unspecified atom stereocenters. The quantitative estimate of drug-likeness (QED) is 0.637. The Labute approximate surface area is 68.4 Å².